The Morgan fingerprint density at radius 2 is 1.81 bits per heavy atom. The van der Waals surface area contributed by atoms with Crippen LogP contribution in [0, 0.1) is 11.6 Å². The van der Waals surface area contributed by atoms with Gasteiger partial charge in [-0.2, -0.15) is 0 Å². The number of alkyl carbamates (subject to hydrolysis) is 1. The van der Waals surface area contributed by atoms with Gasteiger partial charge in [0.05, 0.1) is 5.69 Å². The van der Waals surface area contributed by atoms with Gasteiger partial charge in [0.25, 0.3) is 0 Å². The molecule has 140 valence electrons. The van der Waals surface area contributed by atoms with Gasteiger partial charge in [-0.3, -0.25) is 4.98 Å². The van der Waals surface area contributed by atoms with Crippen molar-refractivity contribution in [2.24, 2.45) is 0 Å². The number of pyridine rings is 1. The molecule has 1 atom stereocenters. The fourth-order valence-corrected chi connectivity index (χ4v) is 3.59. The van der Waals surface area contributed by atoms with Crippen LogP contribution in [0.1, 0.15) is 37.9 Å². The minimum Gasteiger partial charge on any atom is -0.444 e. The number of carbonyl (C=O) groups excluding carboxylic acids is 1. The van der Waals surface area contributed by atoms with Gasteiger partial charge in [0.1, 0.15) is 17.2 Å². The fraction of sp³-hybridized carbons (Fsp3) is 0.333. The Morgan fingerprint density at radius 1 is 1.19 bits per heavy atom. The minimum atomic E-state index is -0.699. The Bertz CT molecular complexity index is 790. The molecule has 0 aliphatic rings. The van der Waals surface area contributed by atoms with E-state index in [-0.39, 0.29) is 6.54 Å². The van der Waals surface area contributed by atoms with E-state index in [1.165, 1.54) is 12.1 Å². The van der Waals surface area contributed by atoms with Gasteiger partial charge in [0, 0.05) is 33.7 Å². The lowest BCUT2D eigenvalue weighted by Gasteiger charge is -2.23. The molecule has 8 heteroatoms. The number of rotatable bonds is 4. The van der Waals surface area contributed by atoms with Gasteiger partial charge >= 0.3 is 6.09 Å². The first-order chi connectivity index (χ1) is 12.0. The summed E-state index contributed by atoms with van der Waals surface area (Å²) < 4.78 is 34.0. The molecule has 1 heterocycles. The molecule has 2 rings (SSSR count). The zero-order chi connectivity index (χ0) is 19.5. The van der Waals surface area contributed by atoms with Gasteiger partial charge in [0.2, 0.25) is 0 Å². The van der Waals surface area contributed by atoms with E-state index in [1.807, 2.05) is 0 Å². The molecule has 0 fully saturated rings. The van der Waals surface area contributed by atoms with E-state index < -0.39 is 29.2 Å². The van der Waals surface area contributed by atoms with E-state index in [2.05, 4.69) is 42.2 Å². The molecule has 0 spiro atoms. The van der Waals surface area contributed by atoms with Gasteiger partial charge in [-0.1, -0.05) is 0 Å². The van der Waals surface area contributed by atoms with Gasteiger partial charge in [0.15, 0.2) is 0 Å². The van der Waals surface area contributed by atoms with E-state index in [1.54, 1.807) is 33.0 Å². The second-order valence-corrected chi connectivity index (χ2v) is 8.43. The highest BCUT2D eigenvalue weighted by Gasteiger charge is 2.23. The van der Waals surface area contributed by atoms with Crippen molar-refractivity contribution in [1.82, 2.24) is 10.3 Å². The Hall–Kier alpha value is -1.54. The number of hydrogen-bond acceptors (Lipinski definition) is 3. The van der Waals surface area contributed by atoms with Crippen LogP contribution in [0.15, 0.2) is 39.4 Å². The van der Waals surface area contributed by atoms with Gasteiger partial charge in [-0.05, 0) is 76.4 Å². The summed E-state index contributed by atoms with van der Waals surface area (Å²) in [4.78, 5) is 16.3. The maximum atomic E-state index is 13.7. The molecule has 0 saturated heterocycles. The van der Waals surface area contributed by atoms with Crippen LogP contribution in [0.25, 0.3) is 0 Å². The van der Waals surface area contributed by atoms with E-state index >= 15 is 0 Å². The molecule has 1 aromatic heterocycles. The third-order valence-electron chi connectivity index (χ3n) is 3.30. The molecule has 0 aliphatic carbocycles. The number of aromatic nitrogens is 1. The van der Waals surface area contributed by atoms with Crippen LogP contribution in [0.2, 0.25) is 0 Å². The number of nitrogens with one attached hydrogen (secondary N) is 1. The third kappa shape index (κ3) is 6.02. The number of amides is 1. The molecule has 1 aromatic carbocycles. The number of hydrogen-bond donors (Lipinski definition) is 1. The van der Waals surface area contributed by atoms with Crippen LogP contribution < -0.4 is 5.32 Å². The highest BCUT2D eigenvalue weighted by molar-refractivity contribution is 9.11. The maximum Gasteiger partial charge on any atom is 0.407 e. The zero-order valence-corrected chi connectivity index (χ0v) is 17.6. The molecule has 0 aliphatic heterocycles. The number of nitrogens with zero attached hydrogens (tertiary/aromatic N) is 1. The second kappa shape index (κ2) is 8.43. The maximum absolute atomic E-state index is 13.7. The van der Waals surface area contributed by atoms with Crippen molar-refractivity contribution < 1.29 is 18.3 Å². The summed E-state index contributed by atoms with van der Waals surface area (Å²) in [6, 6.07) is 5.02. The second-order valence-electron chi connectivity index (χ2n) is 6.66. The molecule has 1 N–H and O–H groups in total. The van der Waals surface area contributed by atoms with Crippen molar-refractivity contribution in [2.45, 2.75) is 32.3 Å². The Labute approximate surface area is 167 Å². The van der Waals surface area contributed by atoms with Crippen molar-refractivity contribution in [1.29, 1.82) is 0 Å². The average Bonchev–Trinajstić information content (AvgIpc) is 2.46. The molecule has 0 bridgehead atoms. The summed E-state index contributed by atoms with van der Waals surface area (Å²) in [5.74, 6) is -1.97. The summed E-state index contributed by atoms with van der Waals surface area (Å²) in [5, 5.41) is 2.64. The van der Waals surface area contributed by atoms with E-state index in [4.69, 9.17) is 4.74 Å². The molecule has 1 amide bonds. The average molecular weight is 492 g/mol. The fourth-order valence-electron chi connectivity index (χ4n) is 2.33. The van der Waals surface area contributed by atoms with Crippen molar-refractivity contribution in [2.75, 3.05) is 6.54 Å². The summed E-state index contributed by atoms with van der Waals surface area (Å²) in [5.41, 5.74) is 0.240. The lowest BCUT2D eigenvalue weighted by atomic mass is 9.94. The number of benzene rings is 1. The van der Waals surface area contributed by atoms with Crippen molar-refractivity contribution in [3.8, 4) is 0 Å². The minimum absolute atomic E-state index is 0.0606. The Kier molecular flexibility index (Phi) is 6.74. The number of halogens is 4. The van der Waals surface area contributed by atoms with Gasteiger partial charge in [-0.25, -0.2) is 13.6 Å². The monoisotopic (exact) mass is 490 g/mol. The van der Waals surface area contributed by atoms with Crippen LogP contribution in [0.3, 0.4) is 0 Å². The third-order valence-corrected chi connectivity index (χ3v) is 4.37. The first kappa shape index (κ1) is 20.8. The van der Waals surface area contributed by atoms with Crippen LogP contribution in [-0.4, -0.2) is 23.2 Å². The highest BCUT2D eigenvalue weighted by Crippen LogP contribution is 2.31. The van der Waals surface area contributed by atoms with Crippen LogP contribution in [0.4, 0.5) is 13.6 Å². The predicted octanol–water partition coefficient (Wildman–Crippen LogP) is 5.54. The van der Waals surface area contributed by atoms with E-state index in [9.17, 15) is 13.6 Å². The van der Waals surface area contributed by atoms with Crippen LogP contribution in [-0.2, 0) is 4.74 Å². The quantitative estimate of drug-likeness (QED) is 0.610. The smallest absolute Gasteiger partial charge is 0.407 e. The zero-order valence-electron chi connectivity index (χ0n) is 14.4. The SMILES string of the molecule is CC(C)(C)OC(=O)NCC(c1cc(F)cc(F)c1)c1ncc(Br)cc1Br. The summed E-state index contributed by atoms with van der Waals surface area (Å²) >= 11 is 6.73. The molecule has 2 aromatic rings. The molecule has 4 nitrogen and oxygen atoms in total. The van der Waals surface area contributed by atoms with Crippen LogP contribution in [0.5, 0.6) is 0 Å². The topological polar surface area (TPSA) is 51.2 Å². The van der Waals surface area contributed by atoms with E-state index in [0.29, 0.717) is 15.7 Å². The molecule has 0 radical (unpaired) electrons. The molecule has 0 saturated carbocycles. The normalized spacial score (nSPS) is 12.6. The number of ether oxygens (including phenoxy) is 1. The Morgan fingerprint density at radius 3 is 2.35 bits per heavy atom. The molecular formula is C18H18Br2F2N2O2. The summed E-state index contributed by atoms with van der Waals surface area (Å²) in [6.07, 6.45) is 0.962. The Balaban J connectivity index is 2.34. The van der Waals surface area contributed by atoms with Gasteiger partial charge in [-0.15, -0.1) is 0 Å². The lowest BCUT2D eigenvalue weighted by molar-refractivity contribution is 0.0526. The first-order valence-electron chi connectivity index (χ1n) is 7.79. The lowest BCUT2D eigenvalue weighted by Crippen LogP contribution is -2.35. The largest absolute Gasteiger partial charge is 0.444 e. The van der Waals surface area contributed by atoms with Crippen LogP contribution >= 0.6 is 31.9 Å². The molecule has 26 heavy (non-hydrogen) atoms. The van der Waals surface area contributed by atoms with Gasteiger partial charge < -0.3 is 10.1 Å². The standard InChI is InChI=1S/C18H18Br2F2N2O2/c1-18(2,3)26-17(25)24-9-14(10-4-12(21)7-13(22)5-10)16-15(20)6-11(19)8-23-16/h4-8,14H,9H2,1-3H3,(H,24,25). The van der Waals surface area contributed by atoms with Crippen molar-refractivity contribution in [3.63, 3.8) is 0 Å². The molecular weight excluding hydrogens is 474 g/mol. The van der Waals surface area contributed by atoms with Crippen molar-refractivity contribution >= 4 is 38.0 Å². The van der Waals surface area contributed by atoms with E-state index in [0.717, 1.165) is 10.5 Å². The predicted molar refractivity (Wildman–Crippen MR) is 102 cm³/mol. The number of carbonyl (C=O) groups is 1. The van der Waals surface area contributed by atoms with Crippen molar-refractivity contribution in [3.05, 3.63) is 62.3 Å². The highest BCUT2D eigenvalue weighted by atomic mass is 79.9. The molecule has 1 unspecified atom stereocenters. The first-order valence-corrected chi connectivity index (χ1v) is 9.37. The summed E-state index contributed by atoms with van der Waals surface area (Å²) in [7, 11) is 0. The summed E-state index contributed by atoms with van der Waals surface area (Å²) in [6.45, 7) is 5.31.